The molecule has 5 heteroatoms. The Bertz CT molecular complexity index is 876. The summed E-state index contributed by atoms with van der Waals surface area (Å²) in [5.74, 6) is -0.0993. The Balaban J connectivity index is 1.80. The van der Waals surface area contributed by atoms with Crippen molar-refractivity contribution in [1.82, 2.24) is 5.32 Å². The number of thioether (sulfide) groups is 1. The fourth-order valence-electron chi connectivity index (χ4n) is 3.09. The van der Waals surface area contributed by atoms with E-state index in [0.717, 1.165) is 35.5 Å². The van der Waals surface area contributed by atoms with Crippen LogP contribution in [0.4, 0.5) is 11.4 Å². The largest absolute Gasteiger partial charge is 0.372 e. The number of amidine groups is 1. The SMILES string of the molecule is CCN(CC)c1ccc(/C=C2\SC(=Nc3c(C)cccc3C)NC2=O)cc1. The third-order valence-electron chi connectivity index (χ3n) is 4.62. The number of amides is 1. The average molecular weight is 380 g/mol. The number of rotatable bonds is 5. The zero-order valence-electron chi connectivity index (χ0n) is 16.2. The van der Waals surface area contributed by atoms with Crippen LogP contribution in [0.15, 0.2) is 52.4 Å². The first-order valence-corrected chi connectivity index (χ1v) is 10.0. The summed E-state index contributed by atoms with van der Waals surface area (Å²) in [6.07, 6.45) is 1.92. The zero-order chi connectivity index (χ0) is 19.4. The van der Waals surface area contributed by atoms with E-state index in [4.69, 9.17) is 0 Å². The van der Waals surface area contributed by atoms with Crippen molar-refractivity contribution in [3.63, 3.8) is 0 Å². The first kappa shape index (κ1) is 19.2. The van der Waals surface area contributed by atoms with Gasteiger partial charge in [0.15, 0.2) is 5.17 Å². The Kier molecular flexibility index (Phi) is 6.01. The topological polar surface area (TPSA) is 44.7 Å². The number of aryl methyl sites for hydroxylation is 2. The second-order valence-electron chi connectivity index (χ2n) is 6.49. The predicted octanol–water partition coefficient (Wildman–Crippen LogP) is 5.04. The molecule has 3 rings (SSSR count). The zero-order valence-corrected chi connectivity index (χ0v) is 17.1. The van der Waals surface area contributed by atoms with Crippen LogP contribution in [0, 0.1) is 13.8 Å². The molecule has 4 nitrogen and oxygen atoms in total. The Morgan fingerprint density at radius 2 is 1.67 bits per heavy atom. The molecule has 2 aromatic rings. The second-order valence-corrected chi connectivity index (χ2v) is 7.52. The van der Waals surface area contributed by atoms with Gasteiger partial charge >= 0.3 is 0 Å². The van der Waals surface area contributed by atoms with Gasteiger partial charge in [-0.15, -0.1) is 0 Å². The van der Waals surface area contributed by atoms with E-state index in [-0.39, 0.29) is 5.91 Å². The molecule has 2 aromatic carbocycles. The predicted molar refractivity (Wildman–Crippen MR) is 117 cm³/mol. The number of benzene rings is 2. The Hall–Kier alpha value is -2.53. The molecular weight excluding hydrogens is 354 g/mol. The Morgan fingerprint density at radius 3 is 2.26 bits per heavy atom. The third kappa shape index (κ3) is 4.42. The molecule has 1 heterocycles. The molecule has 0 aromatic heterocycles. The van der Waals surface area contributed by atoms with Gasteiger partial charge in [0.2, 0.25) is 0 Å². The van der Waals surface area contributed by atoms with Gasteiger partial charge in [-0.05, 0) is 74.4 Å². The van der Waals surface area contributed by atoms with Gasteiger partial charge in [0.1, 0.15) is 0 Å². The smallest absolute Gasteiger partial charge is 0.264 e. The number of carbonyl (C=O) groups excluding carboxylic acids is 1. The van der Waals surface area contributed by atoms with Crippen molar-refractivity contribution in [3.8, 4) is 0 Å². The molecular formula is C22H25N3OS. The van der Waals surface area contributed by atoms with E-state index in [1.807, 2.05) is 38.1 Å². The van der Waals surface area contributed by atoms with E-state index in [2.05, 4.69) is 53.3 Å². The van der Waals surface area contributed by atoms with Gasteiger partial charge in [0.05, 0.1) is 10.6 Å². The third-order valence-corrected chi connectivity index (χ3v) is 5.53. The van der Waals surface area contributed by atoms with E-state index in [1.165, 1.54) is 17.4 Å². The summed E-state index contributed by atoms with van der Waals surface area (Å²) in [5, 5.41) is 3.50. The van der Waals surface area contributed by atoms with E-state index in [9.17, 15) is 4.79 Å². The van der Waals surface area contributed by atoms with Gasteiger partial charge in [0.25, 0.3) is 5.91 Å². The lowest BCUT2D eigenvalue weighted by Gasteiger charge is -2.20. The average Bonchev–Trinajstić information content (AvgIpc) is 3.00. The normalized spacial score (nSPS) is 16.8. The number of hydrogen-bond donors (Lipinski definition) is 1. The summed E-state index contributed by atoms with van der Waals surface area (Å²) in [6, 6.07) is 14.4. The van der Waals surface area contributed by atoms with Crippen molar-refractivity contribution in [2.24, 2.45) is 4.99 Å². The standard InChI is InChI=1S/C22H25N3OS/c1-5-25(6-2)18-12-10-17(11-13-18)14-19-21(26)24-22(27-19)23-20-15(3)8-7-9-16(20)4/h7-14H,5-6H2,1-4H3,(H,23,24,26)/b19-14-. The molecule has 0 unspecified atom stereocenters. The second kappa shape index (κ2) is 8.44. The molecule has 1 aliphatic rings. The number of hydrogen-bond acceptors (Lipinski definition) is 4. The maximum absolute atomic E-state index is 12.3. The quantitative estimate of drug-likeness (QED) is 0.740. The first-order chi connectivity index (χ1) is 13.0. The summed E-state index contributed by atoms with van der Waals surface area (Å²) in [5.41, 5.74) is 5.33. The van der Waals surface area contributed by atoms with Gasteiger partial charge < -0.3 is 10.2 Å². The molecule has 0 spiro atoms. The van der Waals surface area contributed by atoms with Crippen LogP contribution in [0.25, 0.3) is 6.08 Å². The minimum absolute atomic E-state index is 0.0993. The molecule has 0 radical (unpaired) electrons. The molecule has 1 aliphatic heterocycles. The van der Waals surface area contributed by atoms with Gasteiger partial charge in [0, 0.05) is 18.8 Å². The van der Waals surface area contributed by atoms with Gasteiger partial charge in [-0.25, -0.2) is 4.99 Å². The van der Waals surface area contributed by atoms with Crippen LogP contribution in [0.2, 0.25) is 0 Å². The van der Waals surface area contributed by atoms with Crippen LogP contribution in [-0.2, 0) is 4.79 Å². The maximum atomic E-state index is 12.3. The van der Waals surface area contributed by atoms with Crippen molar-refractivity contribution in [1.29, 1.82) is 0 Å². The first-order valence-electron chi connectivity index (χ1n) is 9.22. The molecule has 0 atom stereocenters. The van der Waals surface area contributed by atoms with E-state index in [0.29, 0.717) is 10.1 Å². The Morgan fingerprint density at radius 1 is 1.04 bits per heavy atom. The van der Waals surface area contributed by atoms with E-state index < -0.39 is 0 Å². The molecule has 1 N–H and O–H groups in total. The monoisotopic (exact) mass is 379 g/mol. The summed E-state index contributed by atoms with van der Waals surface area (Å²) in [7, 11) is 0. The molecule has 0 aliphatic carbocycles. The molecule has 1 saturated heterocycles. The highest BCUT2D eigenvalue weighted by Crippen LogP contribution is 2.30. The van der Waals surface area contributed by atoms with Crippen LogP contribution in [0.3, 0.4) is 0 Å². The summed E-state index contributed by atoms with van der Waals surface area (Å²) in [4.78, 5) is 19.9. The number of nitrogens with one attached hydrogen (secondary N) is 1. The molecule has 0 saturated carbocycles. The fraction of sp³-hybridized carbons (Fsp3) is 0.273. The fourth-order valence-corrected chi connectivity index (χ4v) is 3.91. The van der Waals surface area contributed by atoms with Crippen molar-refractivity contribution in [2.45, 2.75) is 27.7 Å². The van der Waals surface area contributed by atoms with Crippen molar-refractivity contribution < 1.29 is 4.79 Å². The maximum Gasteiger partial charge on any atom is 0.264 e. The molecule has 140 valence electrons. The van der Waals surface area contributed by atoms with Crippen molar-refractivity contribution in [2.75, 3.05) is 18.0 Å². The van der Waals surface area contributed by atoms with Gasteiger partial charge in [-0.2, -0.15) is 0 Å². The number of aliphatic imine (C=N–C) groups is 1. The lowest BCUT2D eigenvalue weighted by molar-refractivity contribution is -0.115. The molecule has 1 amide bonds. The van der Waals surface area contributed by atoms with Crippen molar-refractivity contribution >= 4 is 40.3 Å². The van der Waals surface area contributed by atoms with E-state index >= 15 is 0 Å². The van der Waals surface area contributed by atoms with Crippen LogP contribution >= 0.6 is 11.8 Å². The summed E-state index contributed by atoms with van der Waals surface area (Å²) >= 11 is 1.39. The number of nitrogens with zero attached hydrogens (tertiary/aromatic N) is 2. The summed E-state index contributed by atoms with van der Waals surface area (Å²) in [6.45, 7) is 10.3. The molecule has 27 heavy (non-hydrogen) atoms. The Labute approximate surface area is 165 Å². The highest BCUT2D eigenvalue weighted by atomic mass is 32.2. The van der Waals surface area contributed by atoms with Crippen LogP contribution in [-0.4, -0.2) is 24.2 Å². The van der Waals surface area contributed by atoms with Crippen LogP contribution in [0.5, 0.6) is 0 Å². The van der Waals surface area contributed by atoms with Crippen molar-refractivity contribution in [3.05, 3.63) is 64.1 Å². The lowest BCUT2D eigenvalue weighted by Crippen LogP contribution is -2.21. The number of anilines is 1. The van der Waals surface area contributed by atoms with Gasteiger partial charge in [-0.1, -0.05) is 30.3 Å². The van der Waals surface area contributed by atoms with Crippen LogP contribution in [0.1, 0.15) is 30.5 Å². The highest BCUT2D eigenvalue weighted by Gasteiger charge is 2.24. The number of carbonyl (C=O) groups is 1. The number of para-hydroxylation sites is 1. The lowest BCUT2D eigenvalue weighted by atomic mass is 10.1. The van der Waals surface area contributed by atoms with Gasteiger partial charge in [-0.3, -0.25) is 4.79 Å². The molecule has 0 bridgehead atoms. The minimum Gasteiger partial charge on any atom is -0.372 e. The van der Waals surface area contributed by atoms with E-state index in [1.54, 1.807) is 0 Å². The highest BCUT2D eigenvalue weighted by molar-refractivity contribution is 8.18. The van der Waals surface area contributed by atoms with Crippen LogP contribution < -0.4 is 10.2 Å². The minimum atomic E-state index is -0.0993. The summed E-state index contributed by atoms with van der Waals surface area (Å²) < 4.78 is 0. The molecule has 1 fully saturated rings.